The molecule has 1 N–H and O–H groups in total. The molecule has 0 spiro atoms. The van der Waals surface area contributed by atoms with E-state index in [2.05, 4.69) is 10.3 Å². The van der Waals surface area contributed by atoms with Gasteiger partial charge in [-0.25, -0.2) is 4.98 Å². The minimum Gasteiger partial charge on any atom is -0.454 e. The lowest BCUT2D eigenvalue weighted by molar-refractivity contribution is -0.122. The zero-order chi connectivity index (χ0) is 21.4. The van der Waals surface area contributed by atoms with E-state index in [1.165, 1.54) is 12.8 Å². The fourth-order valence-electron chi connectivity index (χ4n) is 5.01. The van der Waals surface area contributed by atoms with E-state index in [4.69, 9.17) is 9.15 Å². The Morgan fingerprint density at radius 3 is 2.74 bits per heavy atom. The van der Waals surface area contributed by atoms with E-state index in [1.54, 1.807) is 25.5 Å². The van der Waals surface area contributed by atoms with Crippen LogP contribution in [-0.4, -0.2) is 58.1 Å². The topological polar surface area (TPSA) is 89.6 Å². The van der Waals surface area contributed by atoms with Crippen molar-refractivity contribution < 1.29 is 18.7 Å². The number of aromatic nitrogens is 2. The first-order valence-corrected chi connectivity index (χ1v) is 11.3. The van der Waals surface area contributed by atoms with Gasteiger partial charge in [-0.1, -0.05) is 0 Å². The van der Waals surface area contributed by atoms with Crippen LogP contribution in [0.1, 0.15) is 48.9 Å². The second-order valence-corrected chi connectivity index (χ2v) is 9.32. The zero-order valence-corrected chi connectivity index (χ0v) is 17.9. The van der Waals surface area contributed by atoms with Gasteiger partial charge in [0.15, 0.2) is 5.76 Å². The van der Waals surface area contributed by atoms with Gasteiger partial charge < -0.3 is 23.9 Å². The number of hydrogen-bond acceptors (Lipinski definition) is 5. The molecule has 2 aliphatic carbocycles. The third kappa shape index (κ3) is 4.69. The SMILES string of the molecule is CC(=O)N[C@@H]1C[C@@H]2CN(C(=O)c3ccc(Cn4ccnc4)o3)C[C@@H]2C[C@H]1OCC1CC1. The predicted octanol–water partition coefficient (Wildman–Crippen LogP) is 2.31. The summed E-state index contributed by atoms with van der Waals surface area (Å²) in [5.41, 5.74) is 0. The Bertz CT molecular complexity index is 920. The summed E-state index contributed by atoms with van der Waals surface area (Å²) in [4.78, 5) is 30.7. The van der Waals surface area contributed by atoms with Crippen LogP contribution < -0.4 is 5.32 Å². The summed E-state index contributed by atoms with van der Waals surface area (Å²) in [6.07, 6.45) is 9.58. The highest BCUT2D eigenvalue weighted by atomic mass is 16.5. The van der Waals surface area contributed by atoms with Crippen molar-refractivity contribution in [2.24, 2.45) is 17.8 Å². The molecular formula is C23H30N4O4. The lowest BCUT2D eigenvalue weighted by Gasteiger charge is -2.38. The lowest BCUT2D eigenvalue weighted by atomic mass is 9.77. The number of nitrogens with one attached hydrogen (secondary N) is 1. The molecule has 0 radical (unpaired) electrons. The number of rotatable bonds is 7. The molecule has 31 heavy (non-hydrogen) atoms. The number of ether oxygens (including phenoxy) is 1. The molecule has 0 aromatic carbocycles. The molecule has 1 saturated heterocycles. The second kappa shape index (κ2) is 8.49. The van der Waals surface area contributed by atoms with E-state index in [0.717, 1.165) is 31.8 Å². The highest BCUT2D eigenvalue weighted by Crippen LogP contribution is 2.39. The van der Waals surface area contributed by atoms with Crippen LogP contribution in [0.3, 0.4) is 0 Å². The first kappa shape index (κ1) is 20.3. The first-order chi connectivity index (χ1) is 15.0. The predicted molar refractivity (Wildman–Crippen MR) is 112 cm³/mol. The van der Waals surface area contributed by atoms with Gasteiger partial charge >= 0.3 is 0 Å². The van der Waals surface area contributed by atoms with Crippen LogP contribution in [0.15, 0.2) is 35.3 Å². The molecule has 2 amide bonds. The number of carbonyl (C=O) groups excluding carboxylic acids is 2. The maximum atomic E-state index is 13.1. The molecule has 8 heteroatoms. The van der Waals surface area contributed by atoms with Gasteiger partial charge in [-0.15, -0.1) is 0 Å². The van der Waals surface area contributed by atoms with Crippen molar-refractivity contribution in [3.63, 3.8) is 0 Å². The van der Waals surface area contributed by atoms with E-state index in [9.17, 15) is 9.59 Å². The highest BCUT2D eigenvalue weighted by molar-refractivity contribution is 5.91. The molecule has 3 fully saturated rings. The fraction of sp³-hybridized carbons (Fsp3) is 0.609. The molecule has 8 nitrogen and oxygen atoms in total. The third-order valence-corrected chi connectivity index (χ3v) is 6.81. The number of imidazole rings is 1. The number of hydrogen-bond donors (Lipinski definition) is 1. The van der Waals surface area contributed by atoms with E-state index in [1.807, 2.05) is 21.7 Å². The minimum absolute atomic E-state index is 0.0181. The average molecular weight is 427 g/mol. The molecule has 2 saturated carbocycles. The van der Waals surface area contributed by atoms with Gasteiger partial charge in [0.2, 0.25) is 5.91 Å². The normalized spacial score (nSPS) is 27.8. The van der Waals surface area contributed by atoms with Crippen molar-refractivity contribution in [1.29, 1.82) is 0 Å². The Morgan fingerprint density at radius 1 is 1.23 bits per heavy atom. The summed E-state index contributed by atoms with van der Waals surface area (Å²) in [5.74, 6) is 2.51. The maximum Gasteiger partial charge on any atom is 0.289 e. The molecule has 1 aliphatic heterocycles. The Kier molecular flexibility index (Phi) is 5.56. The van der Waals surface area contributed by atoms with Crippen LogP contribution in [0.2, 0.25) is 0 Å². The monoisotopic (exact) mass is 426 g/mol. The standard InChI is InChI=1S/C23H30N4O4/c1-15(28)25-20-8-17-10-27(11-18(17)9-22(20)30-13-16-2-3-16)23(29)21-5-4-19(31-21)12-26-7-6-24-14-26/h4-7,14,16-18,20,22H,2-3,8-13H2,1H3,(H,25,28)/t17-,18+,20-,22-/m1/s1. The van der Waals surface area contributed by atoms with Gasteiger partial charge in [-0.2, -0.15) is 0 Å². The summed E-state index contributed by atoms with van der Waals surface area (Å²) in [7, 11) is 0. The number of likely N-dealkylation sites (tertiary alicyclic amines) is 1. The Balaban J connectivity index is 1.22. The van der Waals surface area contributed by atoms with Crippen LogP contribution in [0, 0.1) is 17.8 Å². The first-order valence-electron chi connectivity index (χ1n) is 11.3. The van der Waals surface area contributed by atoms with Crippen LogP contribution in [0.25, 0.3) is 0 Å². The molecule has 0 bridgehead atoms. The van der Waals surface area contributed by atoms with Gasteiger partial charge in [-0.3, -0.25) is 9.59 Å². The second-order valence-electron chi connectivity index (χ2n) is 9.32. The Morgan fingerprint density at radius 2 is 2.03 bits per heavy atom. The minimum atomic E-state index is -0.0576. The van der Waals surface area contributed by atoms with Crippen molar-refractivity contribution in [2.75, 3.05) is 19.7 Å². The van der Waals surface area contributed by atoms with Crippen LogP contribution in [0.5, 0.6) is 0 Å². The Labute approximate surface area is 181 Å². The Hall–Kier alpha value is -2.61. The van der Waals surface area contributed by atoms with Crippen LogP contribution in [-0.2, 0) is 16.1 Å². The van der Waals surface area contributed by atoms with Gasteiger partial charge in [0.05, 0.1) is 25.0 Å². The van der Waals surface area contributed by atoms with Gasteiger partial charge in [0.25, 0.3) is 5.91 Å². The molecule has 3 aliphatic rings. The molecule has 4 atom stereocenters. The largest absolute Gasteiger partial charge is 0.454 e. The van der Waals surface area contributed by atoms with Crippen molar-refractivity contribution in [2.45, 2.75) is 51.3 Å². The molecule has 166 valence electrons. The summed E-state index contributed by atoms with van der Waals surface area (Å²) >= 11 is 0. The number of fused-ring (bicyclic) bond motifs is 1. The molecule has 0 unspecified atom stereocenters. The highest BCUT2D eigenvalue weighted by Gasteiger charge is 2.45. The summed E-state index contributed by atoms with van der Waals surface area (Å²) in [6.45, 7) is 4.32. The number of furan rings is 1. The van der Waals surface area contributed by atoms with Crippen molar-refractivity contribution in [3.05, 3.63) is 42.4 Å². The lowest BCUT2D eigenvalue weighted by Crippen LogP contribution is -2.50. The number of carbonyl (C=O) groups is 2. The summed E-state index contributed by atoms with van der Waals surface area (Å²) in [6, 6.07) is 3.64. The van der Waals surface area contributed by atoms with E-state index >= 15 is 0 Å². The van der Waals surface area contributed by atoms with Crippen molar-refractivity contribution >= 4 is 11.8 Å². The quantitative estimate of drug-likeness (QED) is 0.734. The smallest absolute Gasteiger partial charge is 0.289 e. The van der Waals surface area contributed by atoms with Gasteiger partial charge in [0, 0.05) is 39.0 Å². The number of nitrogens with zero attached hydrogens (tertiary/aromatic N) is 3. The maximum absolute atomic E-state index is 13.1. The van der Waals surface area contributed by atoms with Gasteiger partial charge in [-0.05, 0) is 55.6 Å². The average Bonchev–Trinajstić information content (AvgIpc) is 3.11. The third-order valence-electron chi connectivity index (χ3n) is 6.81. The molecule has 3 heterocycles. The van der Waals surface area contributed by atoms with E-state index in [-0.39, 0.29) is 24.0 Å². The van der Waals surface area contributed by atoms with Crippen LogP contribution in [0.4, 0.5) is 0 Å². The summed E-state index contributed by atoms with van der Waals surface area (Å²) < 4.78 is 14.0. The fourth-order valence-corrected chi connectivity index (χ4v) is 5.01. The molecular weight excluding hydrogens is 396 g/mol. The molecule has 2 aromatic heterocycles. The number of amides is 2. The van der Waals surface area contributed by atoms with E-state index < -0.39 is 0 Å². The van der Waals surface area contributed by atoms with Crippen molar-refractivity contribution in [1.82, 2.24) is 19.8 Å². The van der Waals surface area contributed by atoms with Gasteiger partial charge in [0.1, 0.15) is 5.76 Å². The van der Waals surface area contributed by atoms with E-state index in [0.29, 0.717) is 36.6 Å². The van der Waals surface area contributed by atoms with Crippen molar-refractivity contribution in [3.8, 4) is 0 Å². The summed E-state index contributed by atoms with van der Waals surface area (Å²) in [5, 5.41) is 3.10. The zero-order valence-electron chi connectivity index (χ0n) is 17.9. The molecule has 5 rings (SSSR count). The molecule has 2 aromatic rings. The van der Waals surface area contributed by atoms with Crippen LogP contribution >= 0.6 is 0 Å².